The van der Waals surface area contributed by atoms with Crippen LogP contribution in [0.1, 0.15) is 29.6 Å². The summed E-state index contributed by atoms with van der Waals surface area (Å²) in [6.07, 6.45) is 2.39. The van der Waals surface area contributed by atoms with Gasteiger partial charge in [-0.05, 0) is 37.5 Å². The van der Waals surface area contributed by atoms with Crippen LogP contribution in [0.5, 0.6) is 0 Å². The average Bonchev–Trinajstić information content (AvgIpc) is 2.27. The summed E-state index contributed by atoms with van der Waals surface area (Å²) >= 11 is 5.58. The minimum atomic E-state index is -0.764. The van der Waals surface area contributed by atoms with Gasteiger partial charge in [-0.25, -0.2) is 4.39 Å². The van der Waals surface area contributed by atoms with Crippen LogP contribution in [-0.4, -0.2) is 23.2 Å². The van der Waals surface area contributed by atoms with Gasteiger partial charge in [-0.2, -0.15) is 0 Å². The number of amides is 1. The van der Waals surface area contributed by atoms with Gasteiger partial charge >= 0.3 is 0 Å². The predicted molar refractivity (Wildman–Crippen MR) is 62.5 cm³/mol. The third-order valence-electron chi connectivity index (χ3n) is 3.04. The van der Waals surface area contributed by atoms with Crippen molar-refractivity contribution in [3.8, 4) is 0 Å². The topological polar surface area (TPSA) is 49.3 Å². The van der Waals surface area contributed by atoms with E-state index in [1.807, 2.05) is 0 Å². The Labute approximate surface area is 104 Å². The van der Waals surface area contributed by atoms with E-state index in [9.17, 15) is 14.3 Å². The molecule has 0 heterocycles. The van der Waals surface area contributed by atoms with E-state index in [1.54, 1.807) is 0 Å². The Hall–Kier alpha value is -1.13. The molecule has 1 aliphatic rings. The molecule has 0 radical (unpaired) electrons. The van der Waals surface area contributed by atoms with Gasteiger partial charge in [0.2, 0.25) is 0 Å². The smallest absolute Gasteiger partial charge is 0.251 e. The molecule has 0 bridgehead atoms. The zero-order chi connectivity index (χ0) is 12.5. The fourth-order valence-corrected chi connectivity index (χ4v) is 1.93. The summed E-state index contributed by atoms with van der Waals surface area (Å²) in [4.78, 5) is 11.7. The first-order valence-corrected chi connectivity index (χ1v) is 5.84. The van der Waals surface area contributed by atoms with E-state index >= 15 is 0 Å². The molecule has 3 nitrogen and oxygen atoms in total. The zero-order valence-corrected chi connectivity index (χ0v) is 9.93. The summed E-state index contributed by atoms with van der Waals surface area (Å²) in [5.41, 5.74) is -0.473. The maximum absolute atomic E-state index is 12.9. The molecule has 5 heteroatoms. The Kier molecular flexibility index (Phi) is 3.35. The highest BCUT2D eigenvalue weighted by atomic mass is 35.5. The van der Waals surface area contributed by atoms with Gasteiger partial charge in [-0.3, -0.25) is 4.79 Å². The summed E-state index contributed by atoms with van der Waals surface area (Å²) in [5.74, 6) is -0.909. The van der Waals surface area contributed by atoms with Crippen molar-refractivity contribution in [2.45, 2.75) is 24.9 Å². The number of carbonyl (C=O) groups is 1. The minimum absolute atomic E-state index is 0.0833. The molecule has 17 heavy (non-hydrogen) atoms. The van der Waals surface area contributed by atoms with E-state index in [0.29, 0.717) is 18.4 Å². The van der Waals surface area contributed by atoms with Crippen LogP contribution < -0.4 is 5.32 Å². The summed E-state index contributed by atoms with van der Waals surface area (Å²) < 4.78 is 12.9. The summed E-state index contributed by atoms with van der Waals surface area (Å²) in [5, 5.41) is 12.3. The van der Waals surface area contributed by atoms with Crippen LogP contribution in [0.3, 0.4) is 0 Å². The average molecular weight is 258 g/mol. The van der Waals surface area contributed by atoms with E-state index in [-0.39, 0.29) is 17.5 Å². The summed E-state index contributed by atoms with van der Waals surface area (Å²) in [6, 6.07) is 3.79. The molecule has 1 fully saturated rings. The number of carbonyl (C=O) groups excluding carboxylic acids is 1. The highest BCUT2D eigenvalue weighted by molar-refractivity contribution is 6.31. The molecule has 0 unspecified atom stereocenters. The summed E-state index contributed by atoms with van der Waals surface area (Å²) in [7, 11) is 0. The van der Waals surface area contributed by atoms with Crippen molar-refractivity contribution in [2.24, 2.45) is 0 Å². The maximum Gasteiger partial charge on any atom is 0.251 e. The van der Waals surface area contributed by atoms with Crippen LogP contribution in [0.2, 0.25) is 5.02 Å². The molecule has 1 saturated carbocycles. The van der Waals surface area contributed by atoms with Crippen molar-refractivity contribution in [3.63, 3.8) is 0 Å². The molecule has 2 rings (SSSR count). The van der Waals surface area contributed by atoms with Crippen LogP contribution in [0.25, 0.3) is 0 Å². The molecule has 1 aromatic carbocycles. The zero-order valence-electron chi connectivity index (χ0n) is 9.17. The number of hydrogen-bond donors (Lipinski definition) is 2. The second-order valence-corrected chi connectivity index (χ2v) is 4.80. The Morgan fingerprint density at radius 2 is 2.24 bits per heavy atom. The monoisotopic (exact) mass is 257 g/mol. The maximum atomic E-state index is 12.9. The Bertz CT molecular complexity index is 446. The number of rotatable bonds is 3. The van der Waals surface area contributed by atoms with E-state index in [2.05, 4.69) is 5.32 Å². The van der Waals surface area contributed by atoms with Gasteiger partial charge in [0, 0.05) is 12.1 Å². The Morgan fingerprint density at radius 1 is 1.53 bits per heavy atom. The number of benzene rings is 1. The first-order chi connectivity index (χ1) is 8.00. The molecule has 0 atom stereocenters. The first-order valence-electron chi connectivity index (χ1n) is 5.46. The Morgan fingerprint density at radius 3 is 2.76 bits per heavy atom. The number of nitrogens with one attached hydrogen (secondary N) is 1. The Balaban J connectivity index is 1.97. The molecule has 0 aliphatic heterocycles. The van der Waals surface area contributed by atoms with E-state index < -0.39 is 11.4 Å². The molecule has 1 aromatic rings. The molecule has 0 aromatic heterocycles. The minimum Gasteiger partial charge on any atom is -0.388 e. The van der Waals surface area contributed by atoms with Crippen LogP contribution in [0, 0.1) is 5.82 Å². The highest BCUT2D eigenvalue weighted by Gasteiger charge is 2.34. The quantitative estimate of drug-likeness (QED) is 0.872. The van der Waals surface area contributed by atoms with E-state index in [0.717, 1.165) is 12.5 Å². The second kappa shape index (κ2) is 4.63. The standard InChI is InChI=1S/C12H13ClFNO2/c13-9-6-8(2-3-10(9)14)11(16)15-7-12(17)4-1-5-12/h2-3,6,17H,1,4-5,7H2,(H,15,16). The van der Waals surface area contributed by atoms with Crippen molar-refractivity contribution >= 4 is 17.5 Å². The van der Waals surface area contributed by atoms with Crippen molar-refractivity contribution in [1.82, 2.24) is 5.32 Å². The van der Waals surface area contributed by atoms with Gasteiger partial charge in [0.15, 0.2) is 0 Å². The molecule has 2 N–H and O–H groups in total. The molecule has 0 saturated heterocycles. The second-order valence-electron chi connectivity index (χ2n) is 4.39. The van der Waals surface area contributed by atoms with Gasteiger partial charge in [0.25, 0.3) is 5.91 Å². The van der Waals surface area contributed by atoms with E-state index in [4.69, 9.17) is 11.6 Å². The highest BCUT2D eigenvalue weighted by Crippen LogP contribution is 2.30. The molecule has 0 spiro atoms. The third kappa shape index (κ3) is 2.76. The molecular formula is C12H13ClFNO2. The molecule has 92 valence electrons. The van der Waals surface area contributed by atoms with Gasteiger partial charge < -0.3 is 10.4 Å². The third-order valence-corrected chi connectivity index (χ3v) is 3.33. The van der Waals surface area contributed by atoms with Crippen molar-refractivity contribution in [1.29, 1.82) is 0 Å². The van der Waals surface area contributed by atoms with Gasteiger partial charge in [0.05, 0.1) is 10.6 Å². The molecular weight excluding hydrogens is 245 g/mol. The van der Waals surface area contributed by atoms with Gasteiger partial charge in [-0.1, -0.05) is 11.6 Å². The fraction of sp³-hybridized carbons (Fsp3) is 0.417. The summed E-state index contributed by atoms with van der Waals surface area (Å²) in [6.45, 7) is 0.223. The van der Waals surface area contributed by atoms with Crippen LogP contribution in [0.15, 0.2) is 18.2 Å². The predicted octanol–water partition coefficient (Wildman–Crippen LogP) is 2.12. The van der Waals surface area contributed by atoms with Crippen molar-refractivity contribution < 1.29 is 14.3 Å². The van der Waals surface area contributed by atoms with E-state index in [1.165, 1.54) is 12.1 Å². The number of halogens is 2. The lowest BCUT2D eigenvalue weighted by Crippen LogP contribution is -2.47. The van der Waals surface area contributed by atoms with Crippen molar-refractivity contribution in [2.75, 3.05) is 6.54 Å². The SMILES string of the molecule is O=C(NCC1(O)CCC1)c1ccc(F)c(Cl)c1. The first kappa shape index (κ1) is 12.3. The normalized spacial score (nSPS) is 17.4. The van der Waals surface area contributed by atoms with Gasteiger partial charge in [0.1, 0.15) is 5.82 Å². The van der Waals surface area contributed by atoms with Gasteiger partial charge in [-0.15, -0.1) is 0 Å². The van der Waals surface area contributed by atoms with Crippen molar-refractivity contribution in [3.05, 3.63) is 34.6 Å². The lowest BCUT2D eigenvalue weighted by atomic mass is 9.80. The lowest BCUT2D eigenvalue weighted by molar-refractivity contribution is -0.0300. The van der Waals surface area contributed by atoms with Crippen LogP contribution >= 0.6 is 11.6 Å². The lowest BCUT2D eigenvalue weighted by Gasteiger charge is -2.36. The molecule has 1 amide bonds. The van der Waals surface area contributed by atoms with Crippen LogP contribution in [0.4, 0.5) is 4.39 Å². The fourth-order valence-electron chi connectivity index (χ4n) is 1.75. The van der Waals surface area contributed by atoms with Crippen LogP contribution in [-0.2, 0) is 0 Å². The number of hydrogen-bond acceptors (Lipinski definition) is 2. The number of aliphatic hydroxyl groups is 1. The largest absolute Gasteiger partial charge is 0.388 e. The molecule has 1 aliphatic carbocycles.